The zero-order valence-corrected chi connectivity index (χ0v) is 4.91. The van der Waals surface area contributed by atoms with Gasteiger partial charge in [-0.1, -0.05) is 0 Å². The topological polar surface area (TPSA) is 3.24 Å². The van der Waals surface area contributed by atoms with Gasteiger partial charge >= 0.3 is 0 Å². The maximum atomic E-state index is 2.33. The molecule has 1 heterocycles. The highest BCUT2D eigenvalue weighted by Gasteiger charge is 2.13. The van der Waals surface area contributed by atoms with Gasteiger partial charge in [-0.15, -0.1) is 4.31 Å². The summed E-state index contributed by atoms with van der Waals surface area (Å²) in [7, 11) is 2.16. The number of thiol groups is 1. The fourth-order valence-electron chi connectivity index (χ4n) is 0.612. The second kappa shape index (κ2) is 1.85. The standard InChI is InChI=1S/C4H9NS/c1-5-3-2-4-6-5/h2-4H2,1H3/p+1. The molecule has 0 aromatic rings. The molecule has 36 valence electrons. The number of hydrogen-bond acceptors (Lipinski definition) is 1. The largest absolute Gasteiger partial charge is 0.131 e. The van der Waals surface area contributed by atoms with Crippen molar-refractivity contribution >= 4 is 11.9 Å². The molecule has 0 spiro atoms. The van der Waals surface area contributed by atoms with Crippen molar-refractivity contribution in [1.29, 1.82) is 0 Å². The molecule has 0 atom stereocenters. The molecule has 1 aliphatic rings. The molecule has 0 aliphatic carbocycles. The molecule has 0 saturated carbocycles. The molecule has 2 heteroatoms. The second-order valence-corrected chi connectivity index (χ2v) is 3.01. The Labute approximate surface area is 42.8 Å². The Kier molecular flexibility index (Phi) is 1.37. The van der Waals surface area contributed by atoms with E-state index in [2.05, 4.69) is 11.4 Å². The first kappa shape index (κ1) is 4.47. The maximum absolute atomic E-state index is 2.33. The first-order chi connectivity index (χ1) is 2.89. The highest BCUT2D eigenvalue weighted by atomic mass is 32.2. The summed E-state index contributed by atoms with van der Waals surface area (Å²) >= 11 is 1.52. The summed E-state index contributed by atoms with van der Waals surface area (Å²) < 4.78 is 2.33. The van der Waals surface area contributed by atoms with Gasteiger partial charge in [-0.25, -0.2) is 0 Å². The van der Waals surface area contributed by atoms with Gasteiger partial charge in [0.05, 0.1) is 11.9 Å². The van der Waals surface area contributed by atoms with Gasteiger partial charge in [0, 0.05) is 20.0 Å². The van der Waals surface area contributed by atoms with Crippen LogP contribution in [0, 0.1) is 0 Å². The van der Waals surface area contributed by atoms with E-state index in [1.165, 1.54) is 30.7 Å². The summed E-state index contributed by atoms with van der Waals surface area (Å²) in [5, 5.41) is 0. The van der Waals surface area contributed by atoms with Gasteiger partial charge in [0.25, 0.3) is 0 Å². The van der Waals surface area contributed by atoms with Crippen LogP contribution in [0.4, 0.5) is 0 Å². The Balaban J connectivity index is 2.18. The lowest BCUT2D eigenvalue weighted by molar-refractivity contribution is 0.595. The van der Waals surface area contributed by atoms with Gasteiger partial charge in [0.1, 0.15) is 5.75 Å². The van der Waals surface area contributed by atoms with Crippen molar-refractivity contribution in [2.75, 3.05) is 19.3 Å². The number of rotatable bonds is 0. The molecule has 0 amide bonds. The van der Waals surface area contributed by atoms with Crippen molar-refractivity contribution in [2.24, 2.45) is 0 Å². The Hall–Kier alpha value is 0.310. The molecule has 0 N–H and O–H groups in total. The van der Waals surface area contributed by atoms with Crippen LogP contribution in [0.5, 0.6) is 0 Å². The minimum atomic E-state index is 1.31. The third kappa shape index (κ3) is 0.884. The van der Waals surface area contributed by atoms with Gasteiger partial charge in [-0.05, 0) is 0 Å². The van der Waals surface area contributed by atoms with Crippen LogP contribution in [0.3, 0.4) is 0 Å². The lowest BCUT2D eigenvalue weighted by Crippen LogP contribution is -2.07. The van der Waals surface area contributed by atoms with E-state index in [0.717, 1.165) is 0 Å². The molecule has 1 rings (SSSR count). The molecule has 1 nitrogen and oxygen atoms in total. The monoisotopic (exact) mass is 104 g/mol. The minimum absolute atomic E-state index is 1.31. The molecule has 0 radical (unpaired) electrons. The smallest absolute Gasteiger partial charge is 0.126 e. The van der Waals surface area contributed by atoms with Crippen LogP contribution < -0.4 is 0 Å². The molecule has 1 saturated heterocycles. The van der Waals surface area contributed by atoms with Crippen LogP contribution >= 0.6 is 0 Å². The molecule has 6 heavy (non-hydrogen) atoms. The van der Waals surface area contributed by atoms with Crippen LogP contribution in [0.15, 0.2) is 0 Å². The predicted molar refractivity (Wildman–Crippen MR) is 30.9 cm³/mol. The molecular formula is C4H10NS+. The SMILES string of the molecule is CN1CCC[SH+]1. The van der Waals surface area contributed by atoms with Gasteiger partial charge in [0.15, 0.2) is 0 Å². The maximum Gasteiger partial charge on any atom is 0.126 e. The molecule has 0 aromatic carbocycles. The van der Waals surface area contributed by atoms with Crippen LogP contribution in [0.25, 0.3) is 0 Å². The molecular weight excluding hydrogens is 94.1 g/mol. The Morgan fingerprint density at radius 3 is 2.67 bits per heavy atom. The quantitative estimate of drug-likeness (QED) is 0.310. The summed E-state index contributed by atoms with van der Waals surface area (Å²) in [4.78, 5) is 0. The Morgan fingerprint density at radius 1 is 1.67 bits per heavy atom. The summed E-state index contributed by atoms with van der Waals surface area (Å²) in [6, 6.07) is 0. The van der Waals surface area contributed by atoms with E-state index in [9.17, 15) is 0 Å². The lowest BCUT2D eigenvalue weighted by atomic mass is 10.5. The molecule has 0 aromatic heterocycles. The van der Waals surface area contributed by atoms with Crippen molar-refractivity contribution in [1.82, 2.24) is 4.31 Å². The van der Waals surface area contributed by atoms with Gasteiger partial charge < -0.3 is 0 Å². The first-order valence-corrected chi connectivity index (χ1v) is 3.31. The van der Waals surface area contributed by atoms with Crippen molar-refractivity contribution in [3.63, 3.8) is 0 Å². The van der Waals surface area contributed by atoms with Crippen LogP contribution in [-0.2, 0) is 11.9 Å². The van der Waals surface area contributed by atoms with E-state index in [-0.39, 0.29) is 0 Å². The van der Waals surface area contributed by atoms with E-state index in [1.54, 1.807) is 0 Å². The average Bonchev–Trinajstić information content (AvgIpc) is 1.86. The summed E-state index contributed by atoms with van der Waals surface area (Å²) in [6.45, 7) is 1.31. The molecule has 0 unspecified atom stereocenters. The normalized spacial score (nSPS) is 25.5. The second-order valence-electron chi connectivity index (χ2n) is 1.60. The average molecular weight is 104 g/mol. The lowest BCUT2D eigenvalue weighted by Gasteiger charge is -1.89. The van der Waals surface area contributed by atoms with E-state index in [4.69, 9.17) is 0 Å². The van der Waals surface area contributed by atoms with Crippen molar-refractivity contribution in [2.45, 2.75) is 6.42 Å². The Bertz CT molecular complexity index is 40.8. The predicted octanol–water partition coefficient (Wildman–Crippen LogP) is 0.0518. The minimum Gasteiger partial charge on any atom is -0.131 e. The fraction of sp³-hybridized carbons (Fsp3) is 1.00. The Morgan fingerprint density at radius 2 is 2.50 bits per heavy atom. The summed E-state index contributed by atoms with van der Waals surface area (Å²) in [5.74, 6) is 1.39. The van der Waals surface area contributed by atoms with Crippen molar-refractivity contribution < 1.29 is 0 Å². The van der Waals surface area contributed by atoms with E-state index < -0.39 is 0 Å². The third-order valence-electron chi connectivity index (χ3n) is 0.981. The van der Waals surface area contributed by atoms with E-state index in [1.807, 2.05) is 0 Å². The van der Waals surface area contributed by atoms with Gasteiger partial charge in [-0.3, -0.25) is 0 Å². The van der Waals surface area contributed by atoms with Crippen molar-refractivity contribution in [3.8, 4) is 0 Å². The molecule has 0 bridgehead atoms. The zero-order valence-electron chi connectivity index (χ0n) is 4.02. The van der Waals surface area contributed by atoms with E-state index >= 15 is 0 Å². The van der Waals surface area contributed by atoms with Crippen molar-refractivity contribution in [3.05, 3.63) is 0 Å². The van der Waals surface area contributed by atoms with E-state index in [0.29, 0.717) is 0 Å². The van der Waals surface area contributed by atoms with Crippen LogP contribution in [-0.4, -0.2) is 23.7 Å². The molecule has 1 fully saturated rings. The number of hydrogen-bond donors (Lipinski definition) is 0. The van der Waals surface area contributed by atoms with Crippen LogP contribution in [0.1, 0.15) is 6.42 Å². The fourth-order valence-corrected chi connectivity index (χ4v) is 1.52. The summed E-state index contributed by atoms with van der Waals surface area (Å²) in [5.41, 5.74) is 0. The third-order valence-corrected chi connectivity index (χ3v) is 2.18. The first-order valence-electron chi connectivity index (χ1n) is 2.28. The van der Waals surface area contributed by atoms with Crippen LogP contribution in [0.2, 0.25) is 0 Å². The number of nitrogens with zero attached hydrogens (tertiary/aromatic N) is 1. The zero-order chi connectivity index (χ0) is 4.41. The highest BCUT2D eigenvalue weighted by Crippen LogP contribution is 1.98. The summed E-state index contributed by atoms with van der Waals surface area (Å²) in [6.07, 6.45) is 1.40. The van der Waals surface area contributed by atoms with Gasteiger partial charge in [-0.2, -0.15) is 0 Å². The highest BCUT2D eigenvalue weighted by molar-refractivity contribution is 7.76. The molecule has 1 aliphatic heterocycles. The van der Waals surface area contributed by atoms with Gasteiger partial charge in [0.2, 0.25) is 0 Å².